The summed E-state index contributed by atoms with van der Waals surface area (Å²) < 4.78 is 6.17. The second-order valence-electron chi connectivity index (χ2n) is 5.09. The molecule has 0 aliphatic heterocycles. The average molecular weight is 350 g/mol. The van der Waals surface area contributed by atoms with E-state index in [4.69, 9.17) is 4.74 Å². The van der Waals surface area contributed by atoms with Crippen molar-refractivity contribution >= 4 is 15.9 Å². The third-order valence-corrected chi connectivity index (χ3v) is 4.05. The summed E-state index contributed by atoms with van der Waals surface area (Å²) in [6, 6.07) is 13.8. The molecule has 0 aliphatic carbocycles. The van der Waals surface area contributed by atoms with Gasteiger partial charge in [0.1, 0.15) is 11.5 Å². The Kier molecular flexibility index (Phi) is 5.26. The third kappa shape index (κ3) is 3.99. The number of phenolic OH excluding ortho intramolecular Hbond substituents is 1. The van der Waals surface area contributed by atoms with Gasteiger partial charge >= 0.3 is 0 Å². The highest BCUT2D eigenvalue weighted by Crippen LogP contribution is 2.30. The van der Waals surface area contributed by atoms with E-state index in [1.807, 2.05) is 31.2 Å². The van der Waals surface area contributed by atoms with Crippen LogP contribution in [0.3, 0.4) is 0 Å². The number of halogens is 1. The van der Waals surface area contributed by atoms with Gasteiger partial charge in [0.2, 0.25) is 0 Å². The number of aromatic hydroxyl groups is 1. The molecular formula is C17H20BrNO2. The number of nitrogens with one attached hydrogen (secondary N) is 1. The van der Waals surface area contributed by atoms with Crippen LogP contribution in [0.25, 0.3) is 0 Å². The molecule has 21 heavy (non-hydrogen) atoms. The van der Waals surface area contributed by atoms with Crippen molar-refractivity contribution in [3.8, 4) is 11.5 Å². The highest BCUT2D eigenvalue weighted by Gasteiger charge is 2.14. The van der Waals surface area contributed by atoms with Crippen molar-refractivity contribution in [2.75, 3.05) is 7.11 Å². The van der Waals surface area contributed by atoms with Gasteiger partial charge in [-0.3, -0.25) is 0 Å². The quantitative estimate of drug-likeness (QED) is 0.830. The lowest BCUT2D eigenvalue weighted by atomic mass is 10.0. The summed E-state index contributed by atoms with van der Waals surface area (Å²) in [6.07, 6.45) is 0. The fourth-order valence-electron chi connectivity index (χ4n) is 2.35. The van der Waals surface area contributed by atoms with E-state index in [1.165, 1.54) is 5.56 Å². The van der Waals surface area contributed by atoms with Crippen LogP contribution in [-0.4, -0.2) is 12.2 Å². The summed E-state index contributed by atoms with van der Waals surface area (Å²) in [5.74, 6) is 0.902. The summed E-state index contributed by atoms with van der Waals surface area (Å²) in [5, 5.41) is 13.6. The molecule has 2 aromatic rings. The van der Waals surface area contributed by atoms with E-state index in [9.17, 15) is 5.11 Å². The Labute approximate surface area is 134 Å². The Balaban J connectivity index is 2.12. The number of phenols is 1. The molecule has 0 spiro atoms. The van der Waals surface area contributed by atoms with Crippen LogP contribution in [0, 0.1) is 0 Å². The monoisotopic (exact) mass is 349 g/mol. The lowest BCUT2D eigenvalue weighted by Crippen LogP contribution is -2.22. The minimum Gasteiger partial charge on any atom is -0.507 e. The summed E-state index contributed by atoms with van der Waals surface area (Å²) in [7, 11) is 1.59. The summed E-state index contributed by atoms with van der Waals surface area (Å²) >= 11 is 3.49. The van der Waals surface area contributed by atoms with Gasteiger partial charge in [0.05, 0.1) is 7.11 Å². The van der Waals surface area contributed by atoms with E-state index < -0.39 is 0 Å². The topological polar surface area (TPSA) is 41.5 Å². The number of hydrogen-bond acceptors (Lipinski definition) is 3. The highest BCUT2D eigenvalue weighted by atomic mass is 79.9. The maximum Gasteiger partial charge on any atom is 0.124 e. The van der Waals surface area contributed by atoms with E-state index in [2.05, 4.69) is 40.3 Å². The van der Waals surface area contributed by atoms with E-state index in [-0.39, 0.29) is 17.8 Å². The molecule has 0 saturated carbocycles. The van der Waals surface area contributed by atoms with Crippen molar-refractivity contribution in [3.63, 3.8) is 0 Å². The average Bonchev–Trinajstić information content (AvgIpc) is 2.46. The molecule has 3 nitrogen and oxygen atoms in total. The van der Waals surface area contributed by atoms with E-state index in [0.29, 0.717) is 5.75 Å². The van der Waals surface area contributed by atoms with Crippen molar-refractivity contribution in [3.05, 3.63) is 58.1 Å². The largest absolute Gasteiger partial charge is 0.507 e. The maximum absolute atomic E-state index is 10.1. The number of hydrogen-bond donors (Lipinski definition) is 2. The minimum atomic E-state index is 0.0323. The maximum atomic E-state index is 10.1. The van der Waals surface area contributed by atoms with Crippen LogP contribution in [0.5, 0.6) is 11.5 Å². The zero-order valence-corrected chi connectivity index (χ0v) is 14.0. The van der Waals surface area contributed by atoms with E-state index >= 15 is 0 Å². The van der Waals surface area contributed by atoms with E-state index in [1.54, 1.807) is 13.2 Å². The molecule has 112 valence electrons. The number of ether oxygens (including phenoxy) is 1. The molecular weight excluding hydrogens is 330 g/mol. The molecule has 1 unspecified atom stereocenters. The molecule has 0 radical (unpaired) electrons. The Morgan fingerprint density at radius 3 is 2.48 bits per heavy atom. The Morgan fingerprint density at radius 1 is 1.10 bits per heavy atom. The van der Waals surface area contributed by atoms with Gasteiger partial charge in [-0.25, -0.2) is 0 Å². The summed E-state index contributed by atoms with van der Waals surface area (Å²) in [6.45, 7) is 4.15. The first kappa shape index (κ1) is 15.9. The van der Waals surface area contributed by atoms with Crippen molar-refractivity contribution < 1.29 is 9.84 Å². The molecule has 0 fully saturated rings. The molecule has 2 rings (SSSR count). The number of methoxy groups -OCH3 is 1. The fourth-order valence-corrected chi connectivity index (χ4v) is 2.77. The molecule has 0 amide bonds. The third-order valence-electron chi connectivity index (χ3n) is 3.55. The molecule has 0 aliphatic rings. The zero-order valence-electron chi connectivity index (χ0n) is 12.4. The van der Waals surface area contributed by atoms with Gasteiger partial charge < -0.3 is 15.2 Å². The predicted octanol–water partition coefficient (Wildman–Crippen LogP) is 4.58. The van der Waals surface area contributed by atoms with Crippen LogP contribution in [0.1, 0.15) is 37.1 Å². The SMILES string of the molecule is COc1ccc(C(C)N[C@@H](C)c2cccc(Br)c2)c(O)c1. The van der Waals surface area contributed by atoms with E-state index in [0.717, 1.165) is 10.0 Å². The first-order chi connectivity index (χ1) is 10.0. The first-order valence-corrected chi connectivity index (χ1v) is 7.69. The van der Waals surface area contributed by atoms with Gasteiger partial charge in [-0.1, -0.05) is 34.1 Å². The predicted molar refractivity (Wildman–Crippen MR) is 88.8 cm³/mol. The van der Waals surface area contributed by atoms with Crippen LogP contribution >= 0.6 is 15.9 Å². The van der Waals surface area contributed by atoms with Crippen LogP contribution in [0.15, 0.2) is 46.9 Å². The Morgan fingerprint density at radius 2 is 1.86 bits per heavy atom. The Bertz CT molecular complexity index is 615. The second-order valence-corrected chi connectivity index (χ2v) is 6.01. The summed E-state index contributed by atoms with van der Waals surface area (Å²) in [4.78, 5) is 0. The normalized spacial score (nSPS) is 13.7. The lowest BCUT2D eigenvalue weighted by molar-refractivity contribution is 0.402. The minimum absolute atomic E-state index is 0.0323. The fraction of sp³-hybridized carbons (Fsp3) is 0.294. The molecule has 4 heteroatoms. The van der Waals surface area contributed by atoms with Crippen molar-refractivity contribution in [2.24, 2.45) is 0 Å². The molecule has 0 heterocycles. The molecule has 2 N–H and O–H groups in total. The lowest BCUT2D eigenvalue weighted by Gasteiger charge is -2.22. The molecule has 2 atom stereocenters. The standard InChI is InChI=1S/C17H20BrNO2/c1-11(13-5-4-6-14(18)9-13)19-12(2)16-8-7-15(21-3)10-17(16)20/h4-12,19-20H,1-3H3/t11-,12?/m0/s1. The first-order valence-electron chi connectivity index (χ1n) is 6.89. The number of benzene rings is 2. The van der Waals surface area contributed by atoms with Crippen LogP contribution in [0.4, 0.5) is 0 Å². The van der Waals surface area contributed by atoms with Gasteiger partial charge in [0.15, 0.2) is 0 Å². The van der Waals surface area contributed by atoms with Gasteiger partial charge in [0, 0.05) is 28.2 Å². The molecule has 0 saturated heterocycles. The van der Waals surface area contributed by atoms with Gasteiger partial charge in [-0.15, -0.1) is 0 Å². The Hall–Kier alpha value is -1.52. The number of rotatable bonds is 5. The van der Waals surface area contributed by atoms with Crippen LogP contribution in [0.2, 0.25) is 0 Å². The van der Waals surface area contributed by atoms with Gasteiger partial charge in [-0.2, -0.15) is 0 Å². The zero-order chi connectivity index (χ0) is 15.4. The molecule has 0 aromatic heterocycles. The second kappa shape index (κ2) is 6.96. The summed E-state index contributed by atoms with van der Waals surface area (Å²) in [5.41, 5.74) is 2.06. The smallest absolute Gasteiger partial charge is 0.124 e. The van der Waals surface area contributed by atoms with Crippen LogP contribution in [-0.2, 0) is 0 Å². The van der Waals surface area contributed by atoms with Gasteiger partial charge in [0.25, 0.3) is 0 Å². The van der Waals surface area contributed by atoms with Crippen molar-refractivity contribution in [1.29, 1.82) is 0 Å². The van der Waals surface area contributed by atoms with Crippen molar-refractivity contribution in [2.45, 2.75) is 25.9 Å². The van der Waals surface area contributed by atoms with Crippen molar-refractivity contribution in [1.82, 2.24) is 5.32 Å². The molecule has 0 bridgehead atoms. The molecule has 2 aromatic carbocycles. The van der Waals surface area contributed by atoms with Gasteiger partial charge in [-0.05, 0) is 37.6 Å². The highest BCUT2D eigenvalue weighted by molar-refractivity contribution is 9.10. The van der Waals surface area contributed by atoms with Crippen LogP contribution < -0.4 is 10.1 Å².